The number of piperazine rings is 1. The number of allylic oxidation sites excluding steroid dienone is 1. The molecule has 0 spiro atoms. The third kappa shape index (κ3) is 3.29. The Labute approximate surface area is 160 Å². The van der Waals surface area contributed by atoms with E-state index in [1.807, 2.05) is 36.9 Å². The lowest BCUT2D eigenvalue weighted by molar-refractivity contribution is -0.121. The molecule has 3 amide bonds. The summed E-state index contributed by atoms with van der Waals surface area (Å²) in [4.78, 5) is 29.2. The molecule has 1 aromatic rings. The molecule has 2 heterocycles. The number of carbonyl (C=O) groups is 2. The second-order valence-corrected chi connectivity index (χ2v) is 8.13. The van der Waals surface area contributed by atoms with Gasteiger partial charge in [0.2, 0.25) is 5.91 Å². The topological polar surface area (TPSA) is 78.7 Å². The smallest absolute Gasteiger partial charge is 0.317 e. The molecule has 3 aliphatic rings. The van der Waals surface area contributed by atoms with E-state index in [9.17, 15) is 9.59 Å². The molecule has 0 aromatic heterocycles. The molecule has 6 nitrogen and oxygen atoms in total. The Hall–Kier alpha value is -2.50. The quantitative estimate of drug-likeness (QED) is 0.853. The van der Waals surface area contributed by atoms with E-state index >= 15 is 0 Å². The zero-order valence-corrected chi connectivity index (χ0v) is 16.0. The van der Waals surface area contributed by atoms with Gasteiger partial charge in [0, 0.05) is 31.4 Å². The van der Waals surface area contributed by atoms with Crippen LogP contribution in [0.25, 0.3) is 5.57 Å². The van der Waals surface area contributed by atoms with Gasteiger partial charge in [-0.3, -0.25) is 4.79 Å². The van der Waals surface area contributed by atoms with Gasteiger partial charge in [-0.25, -0.2) is 4.79 Å². The second kappa shape index (κ2) is 6.91. The minimum Gasteiger partial charge on any atom is -0.369 e. The minimum atomic E-state index is -0.377. The average molecular weight is 368 g/mol. The summed E-state index contributed by atoms with van der Waals surface area (Å²) in [5.41, 5.74) is 9.35. The molecule has 1 saturated carbocycles. The van der Waals surface area contributed by atoms with Crippen LogP contribution in [0.5, 0.6) is 0 Å². The van der Waals surface area contributed by atoms with Crippen molar-refractivity contribution < 1.29 is 9.59 Å². The molecule has 1 aliphatic carbocycles. The van der Waals surface area contributed by atoms with Crippen LogP contribution in [0.2, 0.25) is 0 Å². The number of benzene rings is 1. The first kappa shape index (κ1) is 17.9. The van der Waals surface area contributed by atoms with Crippen molar-refractivity contribution in [2.75, 3.05) is 19.6 Å². The predicted octanol–water partition coefficient (Wildman–Crippen LogP) is 2.03. The second-order valence-electron chi connectivity index (χ2n) is 8.13. The highest BCUT2D eigenvalue weighted by molar-refractivity contribution is 5.94. The number of amides is 3. The Balaban J connectivity index is 1.68. The molecule has 144 valence electrons. The number of nitrogens with zero attached hydrogens (tertiary/aromatic N) is 2. The highest BCUT2D eigenvalue weighted by Gasteiger charge is 2.50. The standard InChI is InChI=1S/C21H28N4O2/c1-13(2)23-21(27)24-10-11-25-16(12-24)18(20(22)26)17(19(25)15-8-9-15)14-6-4-3-5-7-14/h3-7,13,15-16,18H,8-12H2,1-2H3,(H2,22,26)(H,23,27). The molecule has 0 radical (unpaired) electrons. The van der Waals surface area contributed by atoms with Crippen molar-refractivity contribution in [3.05, 3.63) is 41.6 Å². The summed E-state index contributed by atoms with van der Waals surface area (Å²) >= 11 is 0. The van der Waals surface area contributed by atoms with Crippen molar-refractivity contribution in [2.24, 2.45) is 17.6 Å². The Morgan fingerprint density at radius 1 is 1.15 bits per heavy atom. The first-order valence-corrected chi connectivity index (χ1v) is 9.88. The van der Waals surface area contributed by atoms with E-state index in [0.29, 0.717) is 19.0 Å². The van der Waals surface area contributed by atoms with E-state index in [1.165, 1.54) is 5.70 Å². The number of primary amides is 1. The largest absolute Gasteiger partial charge is 0.369 e. The fraction of sp³-hybridized carbons (Fsp3) is 0.524. The molecule has 3 N–H and O–H groups in total. The average Bonchev–Trinajstić information content (AvgIpc) is 3.41. The van der Waals surface area contributed by atoms with Gasteiger partial charge >= 0.3 is 6.03 Å². The Morgan fingerprint density at radius 3 is 2.44 bits per heavy atom. The van der Waals surface area contributed by atoms with Gasteiger partial charge in [0.15, 0.2) is 0 Å². The number of carbonyl (C=O) groups excluding carboxylic acids is 2. The molecular formula is C21H28N4O2. The van der Waals surface area contributed by atoms with Crippen molar-refractivity contribution in [2.45, 2.75) is 38.8 Å². The van der Waals surface area contributed by atoms with E-state index in [4.69, 9.17) is 5.73 Å². The van der Waals surface area contributed by atoms with Gasteiger partial charge in [0.1, 0.15) is 0 Å². The molecule has 2 aliphatic heterocycles. The first-order valence-electron chi connectivity index (χ1n) is 9.88. The van der Waals surface area contributed by atoms with Gasteiger partial charge in [-0.15, -0.1) is 0 Å². The first-order chi connectivity index (χ1) is 13.0. The summed E-state index contributed by atoms with van der Waals surface area (Å²) in [6.07, 6.45) is 2.33. The normalized spacial score (nSPS) is 25.0. The summed E-state index contributed by atoms with van der Waals surface area (Å²) in [5.74, 6) is -0.161. The number of hydrogen-bond acceptors (Lipinski definition) is 3. The Bertz CT molecular complexity index is 770. The number of rotatable bonds is 4. The van der Waals surface area contributed by atoms with Crippen LogP contribution in [0.4, 0.5) is 4.79 Å². The summed E-state index contributed by atoms with van der Waals surface area (Å²) in [6, 6.07) is 10.1. The molecule has 2 fully saturated rings. The van der Waals surface area contributed by atoms with Gasteiger partial charge in [-0.1, -0.05) is 30.3 Å². The van der Waals surface area contributed by atoms with Gasteiger partial charge in [-0.05, 0) is 43.7 Å². The van der Waals surface area contributed by atoms with Crippen LogP contribution in [-0.2, 0) is 4.79 Å². The molecule has 1 saturated heterocycles. The SMILES string of the molecule is CC(C)NC(=O)N1CCN2C(C3CC3)=C(c3ccccc3)C(C(N)=O)C2C1. The van der Waals surface area contributed by atoms with E-state index in [2.05, 4.69) is 22.3 Å². The van der Waals surface area contributed by atoms with Crippen LogP contribution < -0.4 is 11.1 Å². The summed E-state index contributed by atoms with van der Waals surface area (Å²) in [7, 11) is 0. The third-order valence-electron chi connectivity index (χ3n) is 5.75. The number of nitrogens with two attached hydrogens (primary N) is 1. The van der Waals surface area contributed by atoms with Crippen molar-refractivity contribution in [3.8, 4) is 0 Å². The van der Waals surface area contributed by atoms with Crippen LogP contribution in [0, 0.1) is 11.8 Å². The van der Waals surface area contributed by atoms with Crippen molar-refractivity contribution in [1.82, 2.24) is 15.1 Å². The number of nitrogens with one attached hydrogen (secondary N) is 1. The third-order valence-corrected chi connectivity index (χ3v) is 5.75. The van der Waals surface area contributed by atoms with Crippen LogP contribution >= 0.6 is 0 Å². The molecule has 4 rings (SSSR count). The summed E-state index contributed by atoms with van der Waals surface area (Å²) in [5, 5.41) is 2.96. The van der Waals surface area contributed by atoms with Crippen molar-refractivity contribution in [3.63, 3.8) is 0 Å². The maximum atomic E-state index is 12.5. The molecule has 6 heteroatoms. The fourth-order valence-electron chi connectivity index (χ4n) is 4.51. The molecule has 27 heavy (non-hydrogen) atoms. The van der Waals surface area contributed by atoms with Gasteiger partial charge < -0.3 is 20.9 Å². The molecule has 1 aromatic carbocycles. The lowest BCUT2D eigenvalue weighted by atomic mass is 9.87. The van der Waals surface area contributed by atoms with Crippen LogP contribution in [-0.4, -0.2) is 53.5 Å². The Morgan fingerprint density at radius 2 is 1.85 bits per heavy atom. The van der Waals surface area contributed by atoms with Gasteiger partial charge in [-0.2, -0.15) is 0 Å². The summed E-state index contributed by atoms with van der Waals surface area (Å²) in [6.45, 7) is 5.85. The molecule has 2 atom stereocenters. The van der Waals surface area contributed by atoms with Crippen LogP contribution in [0.1, 0.15) is 32.3 Å². The lowest BCUT2D eigenvalue weighted by Gasteiger charge is -2.41. The fourth-order valence-corrected chi connectivity index (χ4v) is 4.51. The highest BCUT2D eigenvalue weighted by Crippen LogP contribution is 2.51. The molecular weight excluding hydrogens is 340 g/mol. The van der Waals surface area contributed by atoms with E-state index in [1.54, 1.807) is 0 Å². The monoisotopic (exact) mass is 368 g/mol. The molecule has 0 bridgehead atoms. The van der Waals surface area contributed by atoms with Crippen molar-refractivity contribution >= 4 is 17.5 Å². The highest BCUT2D eigenvalue weighted by atomic mass is 16.2. The van der Waals surface area contributed by atoms with Crippen LogP contribution in [0.3, 0.4) is 0 Å². The van der Waals surface area contributed by atoms with Gasteiger partial charge in [0.05, 0.1) is 12.0 Å². The van der Waals surface area contributed by atoms with Gasteiger partial charge in [0.25, 0.3) is 0 Å². The lowest BCUT2D eigenvalue weighted by Crippen LogP contribution is -2.58. The van der Waals surface area contributed by atoms with E-state index in [-0.39, 0.29) is 29.9 Å². The Kier molecular flexibility index (Phi) is 4.58. The maximum absolute atomic E-state index is 12.5. The molecule has 2 unspecified atom stereocenters. The number of hydrogen-bond donors (Lipinski definition) is 2. The zero-order valence-electron chi connectivity index (χ0n) is 16.0. The predicted molar refractivity (Wildman–Crippen MR) is 105 cm³/mol. The van der Waals surface area contributed by atoms with E-state index in [0.717, 1.165) is 30.5 Å². The maximum Gasteiger partial charge on any atom is 0.317 e. The van der Waals surface area contributed by atoms with Crippen LogP contribution in [0.15, 0.2) is 36.0 Å². The van der Waals surface area contributed by atoms with Crippen molar-refractivity contribution in [1.29, 1.82) is 0 Å². The number of fused-ring (bicyclic) bond motifs is 1. The summed E-state index contributed by atoms with van der Waals surface area (Å²) < 4.78 is 0. The zero-order chi connectivity index (χ0) is 19.1. The minimum absolute atomic E-state index is 0.0611. The van der Waals surface area contributed by atoms with E-state index < -0.39 is 0 Å². The number of urea groups is 1.